The number of hydrogen-bond donors (Lipinski definition) is 1. The molecule has 0 unspecified atom stereocenters. The Hall–Kier alpha value is -1.99. The number of non-ortho nitro benzene ring substituents is 1. The number of hydrogen-bond acceptors (Lipinski definition) is 5. The lowest BCUT2D eigenvalue weighted by Gasteiger charge is -2.32. The first kappa shape index (κ1) is 15.4. The average Bonchev–Trinajstić information content (AvgIpc) is 2.49. The van der Waals surface area contributed by atoms with Crippen LogP contribution >= 0.6 is 0 Å². The number of likely N-dealkylation sites (N-methyl/N-ethyl adjacent to an activating group) is 1. The van der Waals surface area contributed by atoms with Crippen LogP contribution in [0, 0.1) is 10.1 Å². The van der Waals surface area contributed by atoms with Crippen LogP contribution in [0.25, 0.3) is 0 Å². The topological polar surface area (TPSA) is 78.7 Å². The van der Waals surface area contributed by atoms with Crippen LogP contribution in [0.1, 0.15) is 10.4 Å². The van der Waals surface area contributed by atoms with Crippen LogP contribution < -0.4 is 5.32 Å². The predicted molar refractivity (Wildman–Crippen MR) is 79.4 cm³/mol. The summed E-state index contributed by atoms with van der Waals surface area (Å²) in [7, 11) is 2.10. The fourth-order valence-electron chi connectivity index (χ4n) is 2.24. The Labute approximate surface area is 123 Å². The van der Waals surface area contributed by atoms with Gasteiger partial charge < -0.3 is 10.2 Å². The van der Waals surface area contributed by atoms with Gasteiger partial charge in [0.05, 0.1) is 4.92 Å². The van der Waals surface area contributed by atoms with Gasteiger partial charge in [-0.05, 0) is 19.2 Å². The van der Waals surface area contributed by atoms with Gasteiger partial charge in [0.1, 0.15) is 0 Å². The fraction of sp³-hybridized carbons (Fsp3) is 0.500. The highest BCUT2D eigenvalue weighted by Crippen LogP contribution is 2.11. The maximum Gasteiger partial charge on any atom is 0.269 e. The molecule has 1 fully saturated rings. The lowest BCUT2D eigenvalue weighted by molar-refractivity contribution is -0.384. The highest BCUT2D eigenvalue weighted by atomic mass is 16.6. The van der Waals surface area contributed by atoms with E-state index in [1.807, 2.05) is 0 Å². The molecular formula is C14H20N4O3. The fourth-order valence-corrected chi connectivity index (χ4v) is 2.24. The molecule has 0 spiro atoms. The van der Waals surface area contributed by atoms with E-state index in [2.05, 4.69) is 22.2 Å². The number of piperazine rings is 1. The number of nitrogens with zero attached hydrogens (tertiary/aromatic N) is 3. The molecule has 0 saturated carbocycles. The van der Waals surface area contributed by atoms with Crippen molar-refractivity contribution in [3.8, 4) is 0 Å². The third-order valence-electron chi connectivity index (χ3n) is 3.65. The number of nitro groups is 1. The molecule has 21 heavy (non-hydrogen) atoms. The molecule has 1 heterocycles. The lowest BCUT2D eigenvalue weighted by Crippen LogP contribution is -2.46. The Morgan fingerprint density at radius 1 is 1.24 bits per heavy atom. The second-order valence-electron chi connectivity index (χ2n) is 5.20. The van der Waals surface area contributed by atoms with E-state index in [0.29, 0.717) is 12.1 Å². The van der Waals surface area contributed by atoms with E-state index >= 15 is 0 Å². The van der Waals surface area contributed by atoms with E-state index < -0.39 is 4.92 Å². The maximum absolute atomic E-state index is 11.9. The summed E-state index contributed by atoms with van der Waals surface area (Å²) in [6.45, 7) is 5.55. The molecule has 0 bridgehead atoms. The van der Waals surface area contributed by atoms with E-state index in [0.717, 1.165) is 32.7 Å². The number of amides is 1. The average molecular weight is 292 g/mol. The van der Waals surface area contributed by atoms with Crippen molar-refractivity contribution in [1.29, 1.82) is 0 Å². The molecule has 7 nitrogen and oxygen atoms in total. The molecular weight excluding hydrogens is 272 g/mol. The van der Waals surface area contributed by atoms with E-state index in [-0.39, 0.29) is 11.6 Å². The van der Waals surface area contributed by atoms with Gasteiger partial charge in [-0.1, -0.05) is 0 Å². The van der Waals surface area contributed by atoms with Crippen molar-refractivity contribution in [2.75, 3.05) is 46.3 Å². The van der Waals surface area contributed by atoms with Gasteiger partial charge in [-0.2, -0.15) is 0 Å². The van der Waals surface area contributed by atoms with Crippen LogP contribution in [0.2, 0.25) is 0 Å². The van der Waals surface area contributed by atoms with E-state index in [9.17, 15) is 14.9 Å². The van der Waals surface area contributed by atoms with E-state index in [1.165, 1.54) is 24.3 Å². The van der Waals surface area contributed by atoms with Gasteiger partial charge in [0, 0.05) is 57.0 Å². The minimum Gasteiger partial charge on any atom is -0.351 e. The number of carbonyl (C=O) groups excluding carboxylic acids is 1. The van der Waals surface area contributed by atoms with Crippen LogP contribution in [0.5, 0.6) is 0 Å². The van der Waals surface area contributed by atoms with Crippen LogP contribution in [-0.4, -0.2) is 66.9 Å². The van der Waals surface area contributed by atoms with Gasteiger partial charge in [0.2, 0.25) is 0 Å². The molecule has 0 atom stereocenters. The molecule has 0 aliphatic carbocycles. The minimum absolute atomic E-state index is 0.0102. The minimum atomic E-state index is -0.477. The lowest BCUT2D eigenvalue weighted by atomic mass is 10.2. The second kappa shape index (κ2) is 7.14. The van der Waals surface area contributed by atoms with Crippen LogP contribution in [0.4, 0.5) is 5.69 Å². The number of nitro benzene ring substituents is 1. The molecule has 1 aromatic carbocycles. The first-order chi connectivity index (χ1) is 10.1. The van der Waals surface area contributed by atoms with Gasteiger partial charge in [-0.15, -0.1) is 0 Å². The largest absolute Gasteiger partial charge is 0.351 e. The summed E-state index contributed by atoms with van der Waals surface area (Å²) >= 11 is 0. The summed E-state index contributed by atoms with van der Waals surface area (Å²) < 4.78 is 0. The van der Waals surface area contributed by atoms with Crippen LogP contribution in [0.15, 0.2) is 24.3 Å². The van der Waals surface area contributed by atoms with Crippen molar-refractivity contribution in [3.63, 3.8) is 0 Å². The molecule has 0 radical (unpaired) electrons. The summed E-state index contributed by atoms with van der Waals surface area (Å²) in [5.41, 5.74) is 0.433. The number of carbonyl (C=O) groups is 1. The van der Waals surface area contributed by atoms with Crippen molar-refractivity contribution in [3.05, 3.63) is 39.9 Å². The van der Waals surface area contributed by atoms with Crippen molar-refractivity contribution in [2.24, 2.45) is 0 Å². The summed E-state index contributed by atoms with van der Waals surface area (Å²) in [6, 6.07) is 5.64. The monoisotopic (exact) mass is 292 g/mol. The molecule has 2 rings (SSSR count). The molecule has 1 saturated heterocycles. The molecule has 114 valence electrons. The molecule has 0 aromatic heterocycles. The number of benzene rings is 1. The smallest absolute Gasteiger partial charge is 0.269 e. The Balaban J connectivity index is 1.75. The molecule has 1 aromatic rings. The number of nitrogens with one attached hydrogen (secondary N) is 1. The van der Waals surface area contributed by atoms with Crippen molar-refractivity contribution < 1.29 is 9.72 Å². The van der Waals surface area contributed by atoms with Gasteiger partial charge in [0.25, 0.3) is 11.6 Å². The summed E-state index contributed by atoms with van der Waals surface area (Å²) in [6.07, 6.45) is 0. The summed E-state index contributed by atoms with van der Waals surface area (Å²) in [5.74, 6) is -0.195. The third kappa shape index (κ3) is 4.51. The highest BCUT2D eigenvalue weighted by Gasteiger charge is 2.14. The Morgan fingerprint density at radius 3 is 2.43 bits per heavy atom. The summed E-state index contributed by atoms with van der Waals surface area (Å²) in [5, 5.41) is 13.4. The van der Waals surface area contributed by atoms with Crippen LogP contribution in [0.3, 0.4) is 0 Å². The zero-order valence-electron chi connectivity index (χ0n) is 12.1. The molecule has 1 aliphatic rings. The number of rotatable bonds is 5. The first-order valence-corrected chi connectivity index (χ1v) is 7.00. The van der Waals surface area contributed by atoms with Gasteiger partial charge in [0.15, 0.2) is 0 Å². The normalized spacial score (nSPS) is 16.6. The molecule has 7 heteroatoms. The first-order valence-electron chi connectivity index (χ1n) is 7.00. The zero-order chi connectivity index (χ0) is 15.2. The quantitative estimate of drug-likeness (QED) is 0.634. The van der Waals surface area contributed by atoms with Crippen LogP contribution in [-0.2, 0) is 0 Å². The zero-order valence-corrected chi connectivity index (χ0v) is 12.1. The van der Waals surface area contributed by atoms with Crippen molar-refractivity contribution in [2.45, 2.75) is 0 Å². The Bertz CT molecular complexity index is 495. The van der Waals surface area contributed by atoms with Gasteiger partial charge in [-0.3, -0.25) is 19.8 Å². The third-order valence-corrected chi connectivity index (χ3v) is 3.65. The maximum atomic E-state index is 11.9. The SMILES string of the molecule is CN1CCN(CCNC(=O)c2ccc([N+](=O)[O-])cc2)CC1. The molecule has 1 N–H and O–H groups in total. The summed E-state index contributed by atoms with van der Waals surface area (Å²) in [4.78, 5) is 26.6. The second-order valence-corrected chi connectivity index (χ2v) is 5.20. The molecule has 1 amide bonds. The predicted octanol–water partition coefficient (Wildman–Crippen LogP) is 0.572. The van der Waals surface area contributed by atoms with Crippen molar-refractivity contribution >= 4 is 11.6 Å². The highest BCUT2D eigenvalue weighted by molar-refractivity contribution is 5.94. The molecule has 1 aliphatic heterocycles. The standard InChI is InChI=1S/C14H20N4O3/c1-16-8-10-17(11-9-16)7-6-15-14(19)12-2-4-13(5-3-12)18(20)21/h2-5H,6-11H2,1H3,(H,15,19). The van der Waals surface area contributed by atoms with E-state index in [1.54, 1.807) is 0 Å². The van der Waals surface area contributed by atoms with E-state index in [4.69, 9.17) is 0 Å². The van der Waals surface area contributed by atoms with Crippen molar-refractivity contribution in [1.82, 2.24) is 15.1 Å². The van der Waals surface area contributed by atoms with Gasteiger partial charge in [-0.25, -0.2) is 0 Å². The Kier molecular flexibility index (Phi) is 5.24. The Morgan fingerprint density at radius 2 is 1.86 bits per heavy atom. The van der Waals surface area contributed by atoms with Gasteiger partial charge >= 0.3 is 0 Å².